The van der Waals surface area contributed by atoms with E-state index in [2.05, 4.69) is 15.4 Å². The van der Waals surface area contributed by atoms with E-state index in [4.69, 9.17) is 48.8 Å². The van der Waals surface area contributed by atoms with Crippen molar-refractivity contribution >= 4 is 58.4 Å². The molecular formula is C21H25Cl3N4O5. The molecule has 0 aliphatic carbocycles. The molecule has 9 nitrogen and oxygen atoms in total. The number of nitrogens with one attached hydrogen (secondary N) is 1. The fourth-order valence-electron chi connectivity index (χ4n) is 3.13. The Kier molecular flexibility index (Phi) is 7.87. The van der Waals surface area contributed by atoms with E-state index in [-0.39, 0.29) is 6.09 Å². The van der Waals surface area contributed by atoms with Gasteiger partial charge in [0.2, 0.25) is 3.79 Å². The summed E-state index contributed by atoms with van der Waals surface area (Å²) in [5, 5.41) is 6.47. The first-order valence-corrected chi connectivity index (χ1v) is 11.3. The molecule has 0 saturated carbocycles. The van der Waals surface area contributed by atoms with Crippen LogP contribution in [0.2, 0.25) is 0 Å². The third-order valence-corrected chi connectivity index (χ3v) is 4.94. The van der Waals surface area contributed by atoms with Crippen LogP contribution in [0.4, 0.5) is 21.0 Å². The molecule has 0 unspecified atom stereocenters. The minimum absolute atomic E-state index is 0.295. The maximum Gasteiger partial charge on any atom is 0.411 e. The van der Waals surface area contributed by atoms with Gasteiger partial charge in [0, 0.05) is 37.4 Å². The second-order valence-electron chi connectivity index (χ2n) is 8.39. The van der Waals surface area contributed by atoms with Gasteiger partial charge in [0.1, 0.15) is 29.9 Å². The molecule has 0 bridgehead atoms. The van der Waals surface area contributed by atoms with Gasteiger partial charge in [-0.2, -0.15) is 0 Å². The predicted octanol–water partition coefficient (Wildman–Crippen LogP) is 5.32. The minimum atomic E-state index is -1.71. The van der Waals surface area contributed by atoms with Gasteiger partial charge in [0.25, 0.3) is 0 Å². The average Bonchev–Trinajstić information content (AvgIpc) is 3.19. The number of aromatic nitrogens is 1. The second kappa shape index (κ2) is 10.3. The minimum Gasteiger partial charge on any atom is -0.445 e. The number of benzene rings is 1. The van der Waals surface area contributed by atoms with Gasteiger partial charge < -0.3 is 23.8 Å². The van der Waals surface area contributed by atoms with Crippen molar-refractivity contribution in [2.75, 3.05) is 43.0 Å². The molecule has 0 spiro atoms. The van der Waals surface area contributed by atoms with Crippen molar-refractivity contribution in [2.24, 2.45) is 0 Å². The highest BCUT2D eigenvalue weighted by Gasteiger charge is 2.26. The molecule has 1 aromatic carbocycles. The molecular weight excluding hydrogens is 495 g/mol. The number of rotatable bonds is 4. The van der Waals surface area contributed by atoms with Crippen LogP contribution in [0.15, 0.2) is 35.1 Å². The highest BCUT2D eigenvalue weighted by molar-refractivity contribution is 6.67. The number of hydrogen-bond acceptors (Lipinski definition) is 7. The van der Waals surface area contributed by atoms with E-state index in [1.807, 2.05) is 45.0 Å². The molecule has 33 heavy (non-hydrogen) atoms. The number of ether oxygens (including phenoxy) is 2. The number of carbonyl (C=O) groups excluding carboxylic acids is 2. The number of amides is 2. The smallest absolute Gasteiger partial charge is 0.411 e. The van der Waals surface area contributed by atoms with Crippen molar-refractivity contribution in [3.05, 3.63) is 30.5 Å². The molecule has 1 aliphatic heterocycles. The normalized spacial score (nSPS) is 14.7. The summed E-state index contributed by atoms with van der Waals surface area (Å²) in [4.78, 5) is 28.1. The average molecular weight is 520 g/mol. The van der Waals surface area contributed by atoms with Gasteiger partial charge >= 0.3 is 12.2 Å². The van der Waals surface area contributed by atoms with Crippen LogP contribution in [0.25, 0.3) is 11.3 Å². The van der Waals surface area contributed by atoms with Crippen molar-refractivity contribution in [1.29, 1.82) is 0 Å². The number of carbonyl (C=O) groups is 2. The lowest BCUT2D eigenvalue weighted by Crippen LogP contribution is -2.50. The summed E-state index contributed by atoms with van der Waals surface area (Å²) in [6, 6.07) is 7.62. The zero-order valence-corrected chi connectivity index (χ0v) is 20.7. The number of nitrogens with zero attached hydrogens (tertiary/aromatic N) is 3. The lowest BCUT2D eigenvalue weighted by Gasteiger charge is -2.36. The Morgan fingerprint density at radius 1 is 1.09 bits per heavy atom. The topological polar surface area (TPSA) is 97.1 Å². The summed E-state index contributed by atoms with van der Waals surface area (Å²) in [6.45, 7) is 7.67. The van der Waals surface area contributed by atoms with Crippen molar-refractivity contribution in [1.82, 2.24) is 10.1 Å². The van der Waals surface area contributed by atoms with E-state index in [1.54, 1.807) is 4.90 Å². The molecule has 0 radical (unpaired) electrons. The summed E-state index contributed by atoms with van der Waals surface area (Å²) >= 11 is 16.7. The third kappa shape index (κ3) is 7.58. The molecule has 1 aliphatic rings. The summed E-state index contributed by atoms with van der Waals surface area (Å²) in [5.41, 5.74) is 1.97. The van der Waals surface area contributed by atoms with Gasteiger partial charge in [0.05, 0.1) is 0 Å². The van der Waals surface area contributed by atoms with Gasteiger partial charge in [-0.1, -0.05) is 52.1 Å². The second-order valence-corrected chi connectivity index (χ2v) is 10.9. The van der Waals surface area contributed by atoms with E-state index in [1.165, 1.54) is 6.26 Å². The number of piperazine rings is 1. The Balaban J connectivity index is 1.58. The monoisotopic (exact) mass is 518 g/mol. The zero-order chi connectivity index (χ0) is 24.2. The zero-order valence-electron chi connectivity index (χ0n) is 18.4. The number of hydrogen-bond donors (Lipinski definition) is 1. The molecule has 12 heteroatoms. The maximum absolute atomic E-state index is 12.2. The quantitative estimate of drug-likeness (QED) is 0.546. The molecule has 1 aromatic heterocycles. The van der Waals surface area contributed by atoms with Crippen LogP contribution in [-0.2, 0) is 9.47 Å². The van der Waals surface area contributed by atoms with Crippen molar-refractivity contribution in [3.63, 3.8) is 0 Å². The third-order valence-electron chi connectivity index (χ3n) is 4.61. The Labute approximate surface area is 206 Å². The van der Waals surface area contributed by atoms with Gasteiger partial charge in [-0.3, -0.25) is 5.32 Å². The van der Waals surface area contributed by atoms with E-state index in [0.717, 1.165) is 11.3 Å². The highest BCUT2D eigenvalue weighted by atomic mass is 35.6. The predicted molar refractivity (Wildman–Crippen MR) is 127 cm³/mol. The lowest BCUT2D eigenvalue weighted by atomic mass is 10.1. The molecule has 1 saturated heterocycles. The fraction of sp³-hybridized carbons (Fsp3) is 0.476. The van der Waals surface area contributed by atoms with Gasteiger partial charge in [-0.15, -0.1) is 0 Å². The van der Waals surface area contributed by atoms with Crippen LogP contribution in [0.3, 0.4) is 0 Å². The molecule has 1 fully saturated rings. The van der Waals surface area contributed by atoms with E-state index in [0.29, 0.717) is 37.6 Å². The van der Waals surface area contributed by atoms with Crippen molar-refractivity contribution in [3.8, 4) is 11.3 Å². The van der Waals surface area contributed by atoms with Gasteiger partial charge in [0.15, 0.2) is 0 Å². The van der Waals surface area contributed by atoms with Crippen LogP contribution < -0.4 is 10.2 Å². The summed E-state index contributed by atoms with van der Waals surface area (Å²) < 4.78 is 13.6. The summed E-state index contributed by atoms with van der Waals surface area (Å²) in [6.07, 6.45) is 0.191. The van der Waals surface area contributed by atoms with Gasteiger partial charge in [-0.25, -0.2) is 9.59 Å². The standard InChI is InChI=1S/C21H25Cl3N4O5/c1-20(2,3)33-19(30)28-10-8-27(9-11-28)15-6-4-14(5-7-15)17-16(12-32-26-17)25-18(29)31-13-21(22,23)24/h4-7,12H,8-11,13H2,1-3H3,(H,25,29). The van der Waals surface area contributed by atoms with Crippen LogP contribution in [0, 0.1) is 0 Å². The molecule has 180 valence electrons. The Hall–Kier alpha value is -2.36. The SMILES string of the molecule is CC(C)(C)OC(=O)N1CCN(c2ccc(-c3nocc3NC(=O)OCC(Cl)(Cl)Cl)cc2)CC1. The molecule has 2 heterocycles. The largest absolute Gasteiger partial charge is 0.445 e. The first-order chi connectivity index (χ1) is 15.4. The molecule has 0 atom stereocenters. The Bertz CT molecular complexity index is 962. The summed E-state index contributed by atoms with van der Waals surface area (Å²) in [5.74, 6) is 0. The Morgan fingerprint density at radius 2 is 1.73 bits per heavy atom. The fourth-order valence-corrected chi connectivity index (χ4v) is 3.29. The van der Waals surface area contributed by atoms with Crippen LogP contribution in [0.1, 0.15) is 20.8 Å². The number of halogens is 3. The maximum atomic E-state index is 12.2. The molecule has 2 aromatic rings. The van der Waals surface area contributed by atoms with Crippen LogP contribution in [0.5, 0.6) is 0 Å². The molecule has 1 N–H and O–H groups in total. The van der Waals surface area contributed by atoms with Crippen LogP contribution >= 0.6 is 34.8 Å². The van der Waals surface area contributed by atoms with E-state index < -0.39 is 22.1 Å². The first-order valence-electron chi connectivity index (χ1n) is 10.2. The molecule has 2 amide bonds. The van der Waals surface area contributed by atoms with Crippen molar-refractivity contribution in [2.45, 2.75) is 30.2 Å². The van der Waals surface area contributed by atoms with Gasteiger partial charge in [-0.05, 0) is 32.9 Å². The van der Waals surface area contributed by atoms with E-state index in [9.17, 15) is 9.59 Å². The van der Waals surface area contributed by atoms with Crippen LogP contribution in [-0.4, -0.2) is 64.4 Å². The van der Waals surface area contributed by atoms with Crippen molar-refractivity contribution < 1.29 is 23.6 Å². The Morgan fingerprint density at radius 3 is 2.30 bits per heavy atom. The summed E-state index contributed by atoms with van der Waals surface area (Å²) in [7, 11) is 0. The van der Waals surface area contributed by atoms with E-state index >= 15 is 0 Å². The first kappa shape index (κ1) is 25.3. The lowest BCUT2D eigenvalue weighted by molar-refractivity contribution is 0.0240. The number of anilines is 2. The highest BCUT2D eigenvalue weighted by Crippen LogP contribution is 2.30. The molecule has 3 rings (SSSR count). The number of alkyl halides is 3.